The number of thiazole rings is 1. The predicted molar refractivity (Wildman–Crippen MR) is 136 cm³/mol. The van der Waals surface area contributed by atoms with Crippen LogP contribution < -0.4 is 10.6 Å². The number of ether oxygens (including phenoxy) is 1. The highest BCUT2D eigenvalue weighted by Crippen LogP contribution is 2.35. The number of hydrogen-bond donors (Lipinski definition) is 2. The molecule has 1 aliphatic rings. The maximum Gasteiger partial charge on any atom is 0.418 e. The third kappa shape index (κ3) is 6.49. The lowest BCUT2D eigenvalue weighted by Crippen LogP contribution is -2.40. The van der Waals surface area contributed by atoms with Crippen molar-refractivity contribution in [3.8, 4) is 11.1 Å². The summed E-state index contributed by atoms with van der Waals surface area (Å²) in [5.74, 6) is -0.442. The van der Waals surface area contributed by atoms with E-state index in [1.54, 1.807) is 42.6 Å². The number of hydrogen-bond acceptors (Lipinski definition) is 6. The predicted octanol–water partition coefficient (Wildman–Crippen LogP) is 6.13. The van der Waals surface area contributed by atoms with Crippen LogP contribution in [0.15, 0.2) is 53.9 Å². The molecule has 2 aromatic carbocycles. The third-order valence-electron chi connectivity index (χ3n) is 6.03. The summed E-state index contributed by atoms with van der Waals surface area (Å²) in [6.07, 6.45) is -4.78. The van der Waals surface area contributed by atoms with Crippen LogP contribution >= 0.6 is 11.3 Å². The molecule has 0 saturated carbocycles. The van der Waals surface area contributed by atoms with Crippen LogP contribution in [-0.2, 0) is 10.9 Å². The quantitative estimate of drug-likeness (QED) is 0.375. The maximum absolute atomic E-state index is 13.2. The second-order valence-corrected chi connectivity index (χ2v) is 9.49. The summed E-state index contributed by atoms with van der Waals surface area (Å²) in [5, 5.41) is 7.55. The summed E-state index contributed by atoms with van der Waals surface area (Å²) >= 11 is 1.33. The van der Waals surface area contributed by atoms with Crippen molar-refractivity contribution in [2.75, 3.05) is 25.0 Å². The highest BCUT2D eigenvalue weighted by Gasteiger charge is 2.31. The summed E-state index contributed by atoms with van der Waals surface area (Å²) in [4.78, 5) is 42.5. The molecule has 12 heteroatoms. The van der Waals surface area contributed by atoms with E-state index in [1.807, 2.05) is 0 Å². The number of nitrogens with zero attached hydrogens (tertiary/aromatic N) is 2. The number of anilines is 1. The lowest BCUT2D eigenvalue weighted by Gasteiger charge is -2.29. The van der Waals surface area contributed by atoms with Gasteiger partial charge in [0.1, 0.15) is 5.69 Å². The van der Waals surface area contributed by atoms with Crippen molar-refractivity contribution >= 4 is 35.1 Å². The van der Waals surface area contributed by atoms with E-state index < -0.39 is 29.8 Å². The fourth-order valence-corrected chi connectivity index (χ4v) is 5.08. The second kappa shape index (κ2) is 11.6. The first-order valence-corrected chi connectivity index (χ1v) is 12.8. The van der Waals surface area contributed by atoms with Crippen molar-refractivity contribution in [2.45, 2.75) is 31.9 Å². The molecule has 4 rings (SSSR count). The Hall–Kier alpha value is -3.93. The van der Waals surface area contributed by atoms with E-state index in [4.69, 9.17) is 4.74 Å². The van der Waals surface area contributed by atoms with Crippen LogP contribution in [0.1, 0.15) is 46.7 Å². The minimum Gasteiger partial charge on any atom is -0.359 e. The molecule has 3 amide bonds. The van der Waals surface area contributed by atoms with Crippen molar-refractivity contribution in [1.82, 2.24) is 15.2 Å². The van der Waals surface area contributed by atoms with Crippen molar-refractivity contribution in [2.24, 2.45) is 0 Å². The number of carbonyl (C=O) groups is 3. The summed E-state index contributed by atoms with van der Waals surface area (Å²) in [6.45, 7) is 2.84. The first-order chi connectivity index (χ1) is 18.2. The molecule has 0 bridgehead atoms. The van der Waals surface area contributed by atoms with E-state index in [0.29, 0.717) is 49.3 Å². The Morgan fingerprint density at radius 2 is 1.84 bits per heavy atom. The molecule has 1 saturated heterocycles. The van der Waals surface area contributed by atoms with Gasteiger partial charge in [0.2, 0.25) is 0 Å². The number of carbonyl (C=O) groups excluding carboxylic acids is 3. The fraction of sp³-hybridized carbons (Fsp3) is 0.308. The highest BCUT2D eigenvalue weighted by atomic mass is 32.1. The molecule has 2 N–H and O–H groups in total. The van der Waals surface area contributed by atoms with Gasteiger partial charge >= 0.3 is 18.4 Å². The summed E-state index contributed by atoms with van der Waals surface area (Å²) in [5.41, 5.74) is 0.567. The first kappa shape index (κ1) is 27.1. The third-order valence-corrected chi connectivity index (χ3v) is 7.04. The Kier molecular flexibility index (Phi) is 8.30. The molecule has 0 atom stereocenters. The Labute approximate surface area is 220 Å². The summed E-state index contributed by atoms with van der Waals surface area (Å²) in [7, 11) is 0. The van der Waals surface area contributed by atoms with Gasteiger partial charge < -0.3 is 20.3 Å². The lowest BCUT2D eigenvalue weighted by molar-refractivity contribution is -0.137. The summed E-state index contributed by atoms with van der Waals surface area (Å²) < 4.78 is 44.3. The average molecular weight is 547 g/mol. The normalized spacial score (nSPS) is 14.2. The van der Waals surface area contributed by atoms with Gasteiger partial charge in [0.25, 0.3) is 5.91 Å². The Bertz CT molecular complexity index is 1320. The SMILES string of the molecule is CCNC(=O)OC(=O)N1CCC(c2nc(C(=O)Nc3ccccc3-c3cccc(C(F)(F)F)c3)cs2)CC1. The minimum absolute atomic E-state index is 0.0347. The molecule has 3 aromatic rings. The van der Waals surface area contributed by atoms with Crippen molar-refractivity contribution < 1.29 is 32.3 Å². The molecule has 8 nitrogen and oxygen atoms in total. The van der Waals surface area contributed by atoms with Gasteiger partial charge in [-0.3, -0.25) is 4.79 Å². The zero-order valence-electron chi connectivity index (χ0n) is 20.4. The molecule has 38 heavy (non-hydrogen) atoms. The molecule has 0 radical (unpaired) electrons. The van der Waals surface area contributed by atoms with Gasteiger partial charge in [-0.1, -0.05) is 30.3 Å². The number of benzene rings is 2. The first-order valence-electron chi connectivity index (χ1n) is 11.9. The Balaban J connectivity index is 1.40. The van der Waals surface area contributed by atoms with Crippen LogP contribution in [0.3, 0.4) is 0 Å². The van der Waals surface area contributed by atoms with Gasteiger partial charge in [-0.2, -0.15) is 13.2 Å². The average Bonchev–Trinajstić information content (AvgIpc) is 3.39. The number of rotatable bonds is 5. The van der Waals surface area contributed by atoms with Gasteiger partial charge in [0, 0.05) is 42.2 Å². The van der Waals surface area contributed by atoms with Crippen LogP contribution in [-0.4, -0.2) is 47.6 Å². The van der Waals surface area contributed by atoms with Crippen LogP contribution in [0.5, 0.6) is 0 Å². The Morgan fingerprint density at radius 3 is 2.55 bits per heavy atom. The largest absolute Gasteiger partial charge is 0.418 e. The highest BCUT2D eigenvalue weighted by molar-refractivity contribution is 7.10. The van der Waals surface area contributed by atoms with Gasteiger partial charge in [-0.25, -0.2) is 14.6 Å². The van der Waals surface area contributed by atoms with E-state index in [1.165, 1.54) is 22.3 Å². The van der Waals surface area contributed by atoms with Gasteiger partial charge in [0.05, 0.1) is 10.6 Å². The number of alkyl carbamates (subject to hydrolysis) is 1. The number of nitrogens with one attached hydrogen (secondary N) is 2. The number of para-hydroxylation sites is 1. The molecule has 1 aromatic heterocycles. The number of halogens is 3. The second-order valence-electron chi connectivity index (χ2n) is 8.60. The van der Waals surface area contributed by atoms with E-state index in [0.717, 1.165) is 17.1 Å². The van der Waals surface area contributed by atoms with Crippen molar-refractivity contribution in [3.05, 3.63) is 70.2 Å². The zero-order chi connectivity index (χ0) is 27.3. The zero-order valence-corrected chi connectivity index (χ0v) is 21.2. The molecular formula is C26H25F3N4O4S. The minimum atomic E-state index is -4.48. The number of alkyl halides is 3. The molecule has 0 aliphatic carbocycles. The van der Waals surface area contributed by atoms with E-state index in [-0.39, 0.29) is 11.6 Å². The number of aromatic nitrogens is 1. The van der Waals surface area contributed by atoms with Crippen molar-refractivity contribution in [1.29, 1.82) is 0 Å². The van der Waals surface area contributed by atoms with Gasteiger partial charge in [-0.05, 0) is 43.5 Å². The number of amides is 3. The molecule has 200 valence electrons. The molecule has 1 aliphatic heterocycles. The lowest BCUT2D eigenvalue weighted by atomic mass is 9.98. The monoisotopic (exact) mass is 546 g/mol. The molecule has 1 fully saturated rings. The topological polar surface area (TPSA) is 101 Å². The van der Waals surface area contributed by atoms with E-state index in [9.17, 15) is 27.6 Å². The van der Waals surface area contributed by atoms with Gasteiger partial charge in [-0.15, -0.1) is 11.3 Å². The van der Waals surface area contributed by atoms with Gasteiger partial charge in [0.15, 0.2) is 0 Å². The molecule has 0 unspecified atom stereocenters. The van der Waals surface area contributed by atoms with E-state index in [2.05, 4.69) is 15.6 Å². The summed E-state index contributed by atoms with van der Waals surface area (Å²) in [6, 6.07) is 11.6. The molecular weight excluding hydrogens is 521 g/mol. The maximum atomic E-state index is 13.2. The smallest absolute Gasteiger partial charge is 0.359 e. The number of likely N-dealkylation sites (tertiary alicyclic amines) is 1. The van der Waals surface area contributed by atoms with Crippen LogP contribution in [0.2, 0.25) is 0 Å². The fourth-order valence-electron chi connectivity index (χ4n) is 4.11. The Morgan fingerprint density at radius 1 is 1.11 bits per heavy atom. The van der Waals surface area contributed by atoms with Crippen LogP contribution in [0, 0.1) is 0 Å². The van der Waals surface area contributed by atoms with E-state index >= 15 is 0 Å². The van der Waals surface area contributed by atoms with Crippen LogP contribution in [0.4, 0.5) is 28.4 Å². The standard InChI is InChI=1S/C26H25F3N4O4S/c1-2-30-24(35)37-25(36)33-12-10-16(11-13-33)23-32-21(15-38-23)22(34)31-20-9-4-3-8-19(20)17-6-5-7-18(14-17)26(27,28)29/h3-9,14-16H,2,10-13H2,1H3,(H,30,35)(H,31,34). The van der Waals surface area contributed by atoms with Crippen LogP contribution in [0.25, 0.3) is 11.1 Å². The number of piperidine rings is 1. The molecule has 2 heterocycles. The van der Waals surface area contributed by atoms with Crippen molar-refractivity contribution in [3.63, 3.8) is 0 Å². The molecule has 0 spiro atoms.